The summed E-state index contributed by atoms with van der Waals surface area (Å²) in [6.07, 6.45) is 0.428. The molecule has 1 aromatic carbocycles. The normalized spacial score (nSPS) is 17.7. The molecule has 1 aliphatic heterocycles. The molecule has 1 N–H and O–H groups in total. The third-order valence-corrected chi connectivity index (χ3v) is 3.82. The van der Waals surface area contributed by atoms with Crippen LogP contribution in [0, 0.1) is 0 Å². The van der Waals surface area contributed by atoms with Crippen LogP contribution in [0.15, 0.2) is 35.7 Å². The zero-order valence-electron chi connectivity index (χ0n) is 9.32. The van der Waals surface area contributed by atoms with Gasteiger partial charge in [-0.15, -0.1) is 11.3 Å². The second kappa shape index (κ2) is 4.20. The third kappa shape index (κ3) is 2.23. The molecule has 1 saturated heterocycles. The van der Waals surface area contributed by atoms with Crippen molar-refractivity contribution in [2.75, 3.05) is 13.1 Å². The predicted molar refractivity (Wildman–Crippen MR) is 68.0 cm³/mol. The fraction of sp³-hybridized carbons (Fsp3) is 0.308. The Balaban J connectivity index is 1.79. The fourth-order valence-electron chi connectivity index (χ4n) is 1.93. The molecule has 1 fully saturated rings. The molecule has 2 aromatic rings. The molecule has 0 atom stereocenters. The largest absolute Gasteiger partial charge is 0.310 e. The van der Waals surface area contributed by atoms with Crippen molar-refractivity contribution < 1.29 is 4.39 Å². The molecule has 1 aliphatic rings. The number of rotatable bonds is 3. The van der Waals surface area contributed by atoms with Crippen LogP contribution in [0.5, 0.6) is 0 Å². The zero-order valence-corrected chi connectivity index (χ0v) is 10.1. The van der Waals surface area contributed by atoms with E-state index in [2.05, 4.69) is 10.3 Å². The summed E-state index contributed by atoms with van der Waals surface area (Å²) in [5.41, 5.74) is 0.961. The summed E-state index contributed by atoms with van der Waals surface area (Å²) >= 11 is 1.54. The Kier molecular flexibility index (Phi) is 2.68. The molecule has 0 radical (unpaired) electrons. The van der Waals surface area contributed by atoms with Gasteiger partial charge in [0.1, 0.15) is 5.67 Å². The molecule has 3 rings (SSSR count). The Morgan fingerprint density at radius 3 is 2.71 bits per heavy atom. The van der Waals surface area contributed by atoms with Gasteiger partial charge in [-0.2, -0.15) is 0 Å². The molecular formula is C13H13FN2S. The van der Waals surface area contributed by atoms with E-state index in [1.54, 1.807) is 11.3 Å². The van der Waals surface area contributed by atoms with Crippen LogP contribution in [-0.2, 0) is 6.42 Å². The first kappa shape index (κ1) is 10.9. The van der Waals surface area contributed by atoms with Gasteiger partial charge < -0.3 is 5.32 Å². The molecule has 0 aliphatic carbocycles. The molecule has 0 amide bonds. The van der Waals surface area contributed by atoms with Crippen molar-refractivity contribution in [1.29, 1.82) is 0 Å². The minimum absolute atomic E-state index is 0.428. The summed E-state index contributed by atoms with van der Waals surface area (Å²) in [7, 11) is 0. The standard InChI is InChI=1S/C13H13FN2S/c14-13(8-15-9-13)6-12-16-11(7-17-12)10-4-2-1-3-5-10/h1-5,7,15H,6,8-9H2. The van der Waals surface area contributed by atoms with Crippen LogP contribution in [0.1, 0.15) is 5.01 Å². The lowest BCUT2D eigenvalue weighted by Gasteiger charge is -2.34. The lowest BCUT2D eigenvalue weighted by molar-refractivity contribution is 0.0911. The highest BCUT2D eigenvalue weighted by Crippen LogP contribution is 2.27. The lowest BCUT2D eigenvalue weighted by Crippen LogP contribution is -2.57. The Morgan fingerprint density at radius 2 is 2.06 bits per heavy atom. The molecule has 2 nitrogen and oxygen atoms in total. The van der Waals surface area contributed by atoms with Crippen molar-refractivity contribution in [2.45, 2.75) is 12.1 Å². The Hall–Kier alpha value is -1.26. The van der Waals surface area contributed by atoms with E-state index in [9.17, 15) is 4.39 Å². The average Bonchev–Trinajstić information content (AvgIpc) is 2.77. The summed E-state index contributed by atoms with van der Waals surface area (Å²) in [5, 5.41) is 5.84. The summed E-state index contributed by atoms with van der Waals surface area (Å²) in [6.45, 7) is 0.903. The van der Waals surface area contributed by atoms with Gasteiger partial charge in [-0.1, -0.05) is 30.3 Å². The van der Waals surface area contributed by atoms with Crippen molar-refractivity contribution in [2.24, 2.45) is 0 Å². The number of hydrogen-bond donors (Lipinski definition) is 1. The number of aromatic nitrogens is 1. The van der Waals surface area contributed by atoms with E-state index < -0.39 is 5.67 Å². The molecule has 0 saturated carbocycles. The van der Waals surface area contributed by atoms with E-state index in [4.69, 9.17) is 0 Å². The summed E-state index contributed by atoms with van der Waals surface area (Å²) in [6, 6.07) is 10.00. The van der Waals surface area contributed by atoms with Gasteiger partial charge in [-0.05, 0) is 0 Å². The Labute approximate surface area is 104 Å². The highest BCUT2D eigenvalue weighted by atomic mass is 32.1. The van der Waals surface area contributed by atoms with Crippen molar-refractivity contribution in [3.05, 3.63) is 40.7 Å². The van der Waals surface area contributed by atoms with Gasteiger partial charge in [0.25, 0.3) is 0 Å². The molecule has 17 heavy (non-hydrogen) atoms. The second-order valence-corrected chi connectivity index (χ2v) is 5.37. The fourth-order valence-corrected chi connectivity index (χ4v) is 2.86. The van der Waals surface area contributed by atoms with Gasteiger partial charge in [0.2, 0.25) is 0 Å². The van der Waals surface area contributed by atoms with E-state index in [0.717, 1.165) is 16.3 Å². The zero-order chi connectivity index (χ0) is 11.7. The predicted octanol–water partition coefficient (Wildman–Crippen LogP) is 2.66. The smallest absolute Gasteiger partial charge is 0.142 e. The molecule has 4 heteroatoms. The van der Waals surface area contributed by atoms with E-state index in [0.29, 0.717) is 19.5 Å². The number of nitrogens with zero attached hydrogens (tertiary/aromatic N) is 1. The highest BCUT2D eigenvalue weighted by molar-refractivity contribution is 7.09. The van der Waals surface area contributed by atoms with Crippen molar-refractivity contribution >= 4 is 11.3 Å². The van der Waals surface area contributed by atoms with Crippen molar-refractivity contribution in [1.82, 2.24) is 10.3 Å². The number of halogens is 1. The first-order valence-electron chi connectivity index (χ1n) is 5.65. The number of benzene rings is 1. The van der Waals surface area contributed by atoms with Gasteiger partial charge in [0.05, 0.1) is 10.7 Å². The van der Waals surface area contributed by atoms with Crippen LogP contribution in [-0.4, -0.2) is 23.7 Å². The average molecular weight is 248 g/mol. The van der Waals surface area contributed by atoms with Crippen LogP contribution < -0.4 is 5.32 Å². The summed E-state index contributed by atoms with van der Waals surface area (Å²) < 4.78 is 13.9. The first-order valence-corrected chi connectivity index (χ1v) is 6.53. The number of hydrogen-bond acceptors (Lipinski definition) is 3. The summed E-state index contributed by atoms with van der Waals surface area (Å²) in [4.78, 5) is 4.50. The summed E-state index contributed by atoms with van der Waals surface area (Å²) in [5.74, 6) is 0. The molecule has 0 unspecified atom stereocenters. The number of nitrogens with one attached hydrogen (secondary N) is 1. The van der Waals surface area contributed by atoms with Crippen LogP contribution in [0.25, 0.3) is 11.3 Å². The number of thiazole rings is 1. The molecule has 2 heterocycles. The van der Waals surface area contributed by atoms with E-state index in [1.165, 1.54) is 0 Å². The van der Waals surface area contributed by atoms with Crippen LogP contribution in [0.4, 0.5) is 4.39 Å². The minimum Gasteiger partial charge on any atom is -0.310 e. The maximum atomic E-state index is 13.9. The maximum absolute atomic E-state index is 13.9. The van der Waals surface area contributed by atoms with Gasteiger partial charge in [-0.3, -0.25) is 0 Å². The van der Waals surface area contributed by atoms with Gasteiger partial charge in [-0.25, -0.2) is 9.37 Å². The van der Waals surface area contributed by atoms with Crippen LogP contribution in [0.3, 0.4) is 0 Å². The monoisotopic (exact) mass is 248 g/mol. The van der Waals surface area contributed by atoms with E-state index in [-0.39, 0.29) is 0 Å². The second-order valence-electron chi connectivity index (χ2n) is 4.42. The number of alkyl halides is 1. The Morgan fingerprint density at radius 1 is 1.29 bits per heavy atom. The molecule has 0 spiro atoms. The first-order chi connectivity index (χ1) is 8.25. The minimum atomic E-state index is -1.08. The Bertz CT molecular complexity index is 505. The van der Waals surface area contributed by atoms with Gasteiger partial charge in [0.15, 0.2) is 0 Å². The van der Waals surface area contributed by atoms with Gasteiger partial charge in [0, 0.05) is 30.5 Å². The van der Waals surface area contributed by atoms with Crippen molar-refractivity contribution in [3.63, 3.8) is 0 Å². The quantitative estimate of drug-likeness (QED) is 0.903. The van der Waals surface area contributed by atoms with Crippen molar-refractivity contribution in [3.8, 4) is 11.3 Å². The van der Waals surface area contributed by atoms with Gasteiger partial charge >= 0.3 is 0 Å². The molecule has 88 valence electrons. The topological polar surface area (TPSA) is 24.9 Å². The molecule has 1 aromatic heterocycles. The molecular weight excluding hydrogens is 235 g/mol. The van der Waals surface area contributed by atoms with Crippen LogP contribution >= 0.6 is 11.3 Å². The van der Waals surface area contributed by atoms with E-state index in [1.807, 2.05) is 35.7 Å². The SMILES string of the molecule is FC1(Cc2nc(-c3ccccc3)cs2)CNC1. The van der Waals surface area contributed by atoms with Crippen LogP contribution in [0.2, 0.25) is 0 Å². The molecule has 0 bridgehead atoms. The maximum Gasteiger partial charge on any atom is 0.142 e. The highest BCUT2D eigenvalue weighted by Gasteiger charge is 2.37. The third-order valence-electron chi connectivity index (χ3n) is 2.97. The lowest BCUT2D eigenvalue weighted by atomic mass is 9.96. The van der Waals surface area contributed by atoms with E-state index >= 15 is 0 Å².